The van der Waals surface area contributed by atoms with Crippen molar-refractivity contribution in [3.63, 3.8) is 0 Å². The highest BCUT2D eigenvalue weighted by Crippen LogP contribution is 2.21. The summed E-state index contributed by atoms with van der Waals surface area (Å²) in [7, 11) is -1.97. The fraction of sp³-hybridized carbons (Fsp3) is 0.250. The van der Waals surface area contributed by atoms with Gasteiger partial charge in [0.2, 0.25) is 10.0 Å². The zero-order valence-electron chi connectivity index (χ0n) is 10.7. The third-order valence-electron chi connectivity index (χ3n) is 2.80. The van der Waals surface area contributed by atoms with E-state index in [0.717, 1.165) is 10.4 Å². The molecule has 0 aromatic carbocycles. The molecule has 2 rings (SSSR count). The zero-order chi connectivity index (χ0) is 14.0. The summed E-state index contributed by atoms with van der Waals surface area (Å²) >= 11 is 1.55. The average molecular weight is 297 g/mol. The molecule has 2 aromatic heterocycles. The molecule has 0 aliphatic heterocycles. The van der Waals surface area contributed by atoms with Crippen LogP contribution in [0, 0.1) is 6.92 Å². The molecule has 0 spiro atoms. The smallest absolute Gasteiger partial charge is 0.244 e. The second-order valence-electron chi connectivity index (χ2n) is 4.21. The summed E-state index contributed by atoms with van der Waals surface area (Å²) in [6.07, 6.45) is 1.28. The molecular formula is C12H15N3O2S2. The summed E-state index contributed by atoms with van der Waals surface area (Å²) in [5.74, 6) is 0.302. The molecule has 0 aliphatic carbocycles. The third-order valence-corrected chi connectivity index (χ3v) is 5.60. The van der Waals surface area contributed by atoms with Crippen molar-refractivity contribution in [3.05, 3.63) is 40.2 Å². The van der Waals surface area contributed by atoms with Gasteiger partial charge in [-0.2, -0.15) is 4.31 Å². The van der Waals surface area contributed by atoms with Gasteiger partial charge in [-0.25, -0.2) is 13.4 Å². The van der Waals surface area contributed by atoms with E-state index in [1.807, 2.05) is 18.4 Å². The van der Waals surface area contributed by atoms with Gasteiger partial charge in [-0.3, -0.25) is 0 Å². The number of aromatic nitrogens is 1. The normalized spacial score (nSPS) is 11.9. The van der Waals surface area contributed by atoms with Gasteiger partial charge in [-0.1, -0.05) is 0 Å². The Bertz CT molecular complexity index is 663. The molecule has 0 amide bonds. The van der Waals surface area contributed by atoms with Crippen LogP contribution in [0.25, 0.3) is 0 Å². The van der Waals surface area contributed by atoms with Crippen LogP contribution in [-0.2, 0) is 16.6 Å². The topological polar surface area (TPSA) is 76.3 Å². The van der Waals surface area contributed by atoms with Crippen LogP contribution in [0.2, 0.25) is 0 Å². The van der Waals surface area contributed by atoms with E-state index in [9.17, 15) is 8.42 Å². The van der Waals surface area contributed by atoms with Crippen molar-refractivity contribution in [2.45, 2.75) is 18.4 Å². The number of nitrogens with zero attached hydrogens (tertiary/aromatic N) is 2. The van der Waals surface area contributed by atoms with Crippen LogP contribution in [-0.4, -0.2) is 24.8 Å². The lowest BCUT2D eigenvalue weighted by Gasteiger charge is -2.16. The number of rotatable bonds is 4. The summed E-state index contributed by atoms with van der Waals surface area (Å²) in [6.45, 7) is 2.33. The van der Waals surface area contributed by atoms with E-state index in [1.165, 1.54) is 22.6 Å². The number of sulfonamides is 1. The SMILES string of the molecule is Cc1ccsc1CN(C)S(=O)(=O)c1ccc(N)nc1. The van der Waals surface area contributed by atoms with Gasteiger partial charge in [-0.05, 0) is 36.1 Å². The molecule has 2 heterocycles. The standard InChI is InChI=1S/C12H15N3O2S2/c1-9-5-6-18-11(9)8-15(2)19(16,17)10-3-4-12(13)14-7-10/h3-7H,8H2,1-2H3,(H2,13,14). The van der Waals surface area contributed by atoms with Crippen molar-refractivity contribution in [3.8, 4) is 0 Å². The van der Waals surface area contributed by atoms with E-state index in [4.69, 9.17) is 5.73 Å². The quantitative estimate of drug-likeness (QED) is 0.934. The van der Waals surface area contributed by atoms with E-state index >= 15 is 0 Å². The molecule has 2 aromatic rings. The maximum Gasteiger partial charge on any atom is 0.244 e. The monoisotopic (exact) mass is 297 g/mol. The molecule has 0 saturated carbocycles. The Hall–Kier alpha value is -1.44. The summed E-state index contributed by atoms with van der Waals surface area (Å²) in [4.78, 5) is 5.00. The average Bonchev–Trinajstić information content (AvgIpc) is 2.75. The van der Waals surface area contributed by atoms with Gasteiger partial charge < -0.3 is 5.73 Å². The van der Waals surface area contributed by atoms with Gasteiger partial charge in [0, 0.05) is 24.7 Å². The Labute approximate surface area is 116 Å². The lowest BCUT2D eigenvalue weighted by atomic mass is 10.3. The predicted molar refractivity (Wildman–Crippen MR) is 76.4 cm³/mol. The fourth-order valence-corrected chi connectivity index (χ4v) is 3.70. The van der Waals surface area contributed by atoms with Gasteiger partial charge >= 0.3 is 0 Å². The lowest BCUT2D eigenvalue weighted by molar-refractivity contribution is 0.469. The first kappa shape index (κ1) is 14.0. The van der Waals surface area contributed by atoms with Crippen LogP contribution in [0.1, 0.15) is 10.4 Å². The van der Waals surface area contributed by atoms with E-state index in [1.54, 1.807) is 18.4 Å². The number of anilines is 1. The number of aryl methyl sites for hydroxylation is 1. The summed E-state index contributed by atoms with van der Waals surface area (Å²) in [5.41, 5.74) is 6.56. The highest BCUT2D eigenvalue weighted by molar-refractivity contribution is 7.89. The first-order chi connectivity index (χ1) is 8.91. The molecule has 7 heteroatoms. The van der Waals surface area contributed by atoms with Crippen molar-refractivity contribution >= 4 is 27.2 Å². The van der Waals surface area contributed by atoms with Crippen LogP contribution in [0.15, 0.2) is 34.7 Å². The second kappa shape index (κ2) is 5.28. The van der Waals surface area contributed by atoms with Crippen molar-refractivity contribution in [1.29, 1.82) is 0 Å². The second-order valence-corrected chi connectivity index (χ2v) is 7.25. The highest BCUT2D eigenvalue weighted by atomic mass is 32.2. The largest absolute Gasteiger partial charge is 0.384 e. The Morgan fingerprint density at radius 2 is 2.11 bits per heavy atom. The molecule has 0 unspecified atom stereocenters. The van der Waals surface area contributed by atoms with Crippen LogP contribution in [0.4, 0.5) is 5.82 Å². The van der Waals surface area contributed by atoms with Gasteiger partial charge in [0.05, 0.1) is 0 Å². The molecule has 0 aliphatic rings. The zero-order valence-corrected chi connectivity index (χ0v) is 12.3. The first-order valence-corrected chi connectivity index (χ1v) is 7.94. The van der Waals surface area contributed by atoms with Crippen LogP contribution < -0.4 is 5.73 Å². The van der Waals surface area contributed by atoms with Crippen molar-refractivity contribution in [1.82, 2.24) is 9.29 Å². The minimum Gasteiger partial charge on any atom is -0.384 e. The highest BCUT2D eigenvalue weighted by Gasteiger charge is 2.22. The maximum absolute atomic E-state index is 12.3. The van der Waals surface area contributed by atoms with Crippen molar-refractivity contribution < 1.29 is 8.42 Å². The van der Waals surface area contributed by atoms with E-state index in [0.29, 0.717) is 12.4 Å². The van der Waals surface area contributed by atoms with Crippen LogP contribution in [0.5, 0.6) is 0 Å². The lowest BCUT2D eigenvalue weighted by Crippen LogP contribution is -2.26. The number of hydrogen-bond donors (Lipinski definition) is 1. The first-order valence-electron chi connectivity index (χ1n) is 5.62. The van der Waals surface area contributed by atoms with E-state index < -0.39 is 10.0 Å². The van der Waals surface area contributed by atoms with E-state index in [-0.39, 0.29) is 4.90 Å². The van der Waals surface area contributed by atoms with E-state index in [2.05, 4.69) is 4.98 Å². The van der Waals surface area contributed by atoms with Gasteiger partial charge in [0.15, 0.2) is 0 Å². The number of hydrogen-bond acceptors (Lipinski definition) is 5. The van der Waals surface area contributed by atoms with Gasteiger partial charge in [0.1, 0.15) is 10.7 Å². The molecule has 5 nitrogen and oxygen atoms in total. The van der Waals surface area contributed by atoms with Crippen LogP contribution in [0.3, 0.4) is 0 Å². The molecule has 102 valence electrons. The number of nitrogen functional groups attached to an aromatic ring is 1. The molecule has 19 heavy (non-hydrogen) atoms. The van der Waals surface area contributed by atoms with Crippen molar-refractivity contribution in [2.75, 3.05) is 12.8 Å². The van der Waals surface area contributed by atoms with Crippen LogP contribution >= 0.6 is 11.3 Å². The molecule has 0 saturated heterocycles. The maximum atomic E-state index is 12.3. The Kier molecular flexibility index (Phi) is 3.88. The molecule has 2 N–H and O–H groups in total. The van der Waals surface area contributed by atoms with Crippen molar-refractivity contribution in [2.24, 2.45) is 0 Å². The summed E-state index contributed by atoms with van der Waals surface area (Å²) < 4.78 is 26.0. The summed E-state index contributed by atoms with van der Waals surface area (Å²) in [5, 5.41) is 1.95. The number of pyridine rings is 1. The molecule has 0 fully saturated rings. The Morgan fingerprint density at radius 1 is 1.37 bits per heavy atom. The predicted octanol–water partition coefficient (Wildman–Crippen LogP) is 1.85. The molecule has 0 atom stereocenters. The Balaban J connectivity index is 2.24. The fourth-order valence-electron chi connectivity index (χ4n) is 1.58. The molecule has 0 radical (unpaired) electrons. The Morgan fingerprint density at radius 3 is 2.63 bits per heavy atom. The minimum absolute atomic E-state index is 0.151. The molecule has 0 bridgehead atoms. The minimum atomic E-state index is -3.53. The molecular weight excluding hydrogens is 282 g/mol. The third kappa shape index (κ3) is 2.94. The van der Waals surface area contributed by atoms with Gasteiger partial charge in [0.25, 0.3) is 0 Å². The number of nitrogens with two attached hydrogens (primary N) is 1. The van der Waals surface area contributed by atoms with Gasteiger partial charge in [-0.15, -0.1) is 11.3 Å². The number of thiophene rings is 1. The summed E-state index contributed by atoms with van der Waals surface area (Å²) in [6, 6.07) is 4.93.